The molecule has 0 aliphatic rings. The Morgan fingerprint density at radius 3 is 2.33 bits per heavy atom. The highest BCUT2D eigenvalue weighted by atomic mass is 127. The van der Waals surface area contributed by atoms with E-state index in [2.05, 4.69) is 53.7 Å². The maximum Gasteiger partial charge on any atom is 0.191 e. The van der Waals surface area contributed by atoms with Crippen LogP contribution in [-0.2, 0) is 17.6 Å². The number of rotatable bonds is 11. The molecule has 2 N–H and O–H groups in total. The van der Waals surface area contributed by atoms with Crippen LogP contribution in [0.4, 0.5) is 0 Å². The van der Waals surface area contributed by atoms with Crippen molar-refractivity contribution in [3.63, 3.8) is 0 Å². The minimum atomic E-state index is 0. The molecule has 0 radical (unpaired) electrons. The van der Waals surface area contributed by atoms with Crippen molar-refractivity contribution >= 4 is 29.9 Å². The first-order valence-electron chi connectivity index (χ1n) is 8.97. The summed E-state index contributed by atoms with van der Waals surface area (Å²) in [7, 11) is 0. The maximum absolute atomic E-state index is 5.34. The van der Waals surface area contributed by atoms with E-state index in [1.807, 2.05) is 6.92 Å². The van der Waals surface area contributed by atoms with E-state index in [9.17, 15) is 0 Å². The van der Waals surface area contributed by atoms with E-state index in [1.54, 1.807) is 0 Å². The number of nitrogens with one attached hydrogen (secondary N) is 2. The predicted molar refractivity (Wildman–Crippen MR) is 115 cm³/mol. The van der Waals surface area contributed by atoms with Gasteiger partial charge in [-0.1, -0.05) is 31.2 Å². The lowest BCUT2D eigenvalue weighted by molar-refractivity contribution is 0.144. The lowest BCUT2D eigenvalue weighted by Crippen LogP contribution is -2.38. The molecule has 0 aliphatic carbocycles. The van der Waals surface area contributed by atoms with Crippen LogP contribution < -0.4 is 10.6 Å². The van der Waals surface area contributed by atoms with Gasteiger partial charge in [0.1, 0.15) is 0 Å². The summed E-state index contributed by atoms with van der Waals surface area (Å²) in [6.45, 7) is 10.6. The Hall–Kier alpha value is -0.820. The van der Waals surface area contributed by atoms with Crippen LogP contribution in [0.25, 0.3) is 0 Å². The molecule has 0 aromatic heterocycles. The summed E-state index contributed by atoms with van der Waals surface area (Å²) in [4.78, 5) is 4.61. The van der Waals surface area contributed by atoms with Crippen molar-refractivity contribution in [2.75, 3.05) is 32.8 Å². The Balaban J connectivity index is 0.00000529. The Morgan fingerprint density at radius 2 is 1.71 bits per heavy atom. The highest BCUT2D eigenvalue weighted by Crippen LogP contribution is 2.05. The van der Waals surface area contributed by atoms with Gasteiger partial charge in [-0.15, -0.1) is 24.0 Å². The Labute approximate surface area is 164 Å². The highest BCUT2D eigenvalue weighted by Gasteiger charge is 1.98. The number of guanidine groups is 1. The molecule has 0 fully saturated rings. The summed E-state index contributed by atoms with van der Waals surface area (Å²) < 4.78 is 5.34. The van der Waals surface area contributed by atoms with E-state index in [0.717, 1.165) is 64.5 Å². The Kier molecular flexibility index (Phi) is 15.2. The van der Waals surface area contributed by atoms with Gasteiger partial charge in [-0.3, -0.25) is 4.99 Å². The quantitative estimate of drug-likeness (QED) is 0.235. The summed E-state index contributed by atoms with van der Waals surface area (Å²) in [5, 5.41) is 6.70. The fourth-order valence-corrected chi connectivity index (χ4v) is 2.26. The number of unbranched alkanes of at least 4 members (excludes halogenated alkanes) is 1. The van der Waals surface area contributed by atoms with E-state index in [1.165, 1.54) is 11.1 Å². The van der Waals surface area contributed by atoms with Gasteiger partial charge in [-0.2, -0.15) is 0 Å². The third kappa shape index (κ3) is 10.9. The zero-order valence-corrected chi connectivity index (χ0v) is 17.8. The lowest BCUT2D eigenvalue weighted by Gasteiger charge is -2.11. The number of benzene rings is 1. The molecule has 24 heavy (non-hydrogen) atoms. The minimum Gasteiger partial charge on any atom is -0.382 e. The zero-order valence-electron chi connectivity index (χ0n) is 15.4. The van der Waals surface area contributed by atoms with Crippen molar-refractivity contribution in [2.24, 2.45) is 4.99 Å². The van der Waals surface area contributed by atoms with Crippen molar-refractivity contribution in [1.82, 2.24) is 10.6 Å². The van der Waals surface area contributed by atoms with E-state index < -0.39 is 0 Å². The standard InChI is InChI=1S/C19H33N3O.HI/c1-4-17-9-11-18(12-10-17)13-15-22-19(20-5-2)21-14-7-8-16-23-6-3;/h9-12H,4-8,13-16H2,1-3H3,(H2,20,21,22);1H. The van der Waals surface area contributed by atoms with E-state index in [0.29, 0.717) is 0 Å². The molecule has 1 aromatic rings. The molecule has 4 nitrogen and oxygen atoms in total. The molecule has 0 amide bonds. The second-order valence-corrected chi connectivity index (χ2v) is 5.51. The molecule has 0 aliphatic heterocycles. The average molecular weight is 447 g/mol. The number of nitrogens with zero attached hydrogens (tertiary/aromatic N) is 1. The van der Waals surface area contributed by atoms with Crippen molar-refractivity contribution < 1.29 is 4.74 Å². The summed E-state index contributed by atoms with van der Waals surface area (Å²) in [6, 6.07) is 8.87. The van der Waals surface area contributed by atoms with Gasteiger partial charge < -0.3 is 15.4 Å². The van der Waals surface area contributed by atoms with Gasteiger partial charge in [0.05, 0.1) is 0 Å². The molecule has 0 atom stereocenters. The Bertz CT molecular complexity index is 435. The van der Waals surface area contributed by atoms with Crippen LogP contribution in [0, 0.1) is 0 Å². The fraction of sp³-hybridized carbons (Fsp3) is 0.632. The molecule has 5 heteroatoms. The van der Waals surface area contributed by atoms with Crippen LogP contribution in [0.15, 0.2) is 29.3 Å². The van der Waals surface area contributed by atoms with Gasteiger partial charge in [0.25, 0.3) is 0 Å². The van der Waals surface area contributed by atoms with Crippen LogP contribution in [-0.4, -0.2) is 38.8 Å². The molecular weight excluding hydrogens is 413 g/mol. The van der Waals surface area contributed by atoms with Crippen LogP contribution in [0.3, 0.4) is 0 Å². The van der Waals surface area contributed by atoms with Crippen LogP contribution in [0.5, 0.6) is 0 Å². The van der Waals surface area contributed by atoms with Crippen molar-refractivity contribution in [2.45, 2.75) is 46.5 Å². The molecule has 1 rings (SSSR count). The second kappa shape index (κ2) is 15.7. The van der Waals surface area contributed by atoms with Gasteiger partial charge in [-0.25, -0.2) is 0 Å². The molecule has 138 valence electrons. The predicted octanol–water partition coefficient (Wildman–Crippen LogP) is 3.78. The molecule has 1 aromatic carbocycles. The third-order valence-electron chi connectivity index (χ3n) is 3.65. The van der Waals surface area contributed by atoms with Gasteiger partial charge in [0.15, 0.2) is 5.96 Å². The van der Waals surface area contributed by atoms with Crippen LogP contribution >= 0.6 is 24.0 Å². The van der Waals surface area contributed by atoms with E-state index in [-0.39, 0.29) is 24.0 Å². The number of ether oxygens (including phenoxy) is 1. The first-order chi connectivity index (χ1) is 11.3. The van der Waals surface area contributed by atoms with Crippen molar-refractivity contribution in [3.05, 3.63) is 35.4 Å². The molecule has 0 heterocycles. The van der Waals surface area contributed by atoms with Gasteiger partial charge in [0, 0.05) is 32.8 Å². The van der Waals surface area contributed by atoms with E-state index >= 15 is 0 Å². The number of aryl methyl sites for hydroxylation is 1. The number of aliphatic imine (C=N–C) groups is 1. The molecule has 0 saturated carbocycles. The first kappa shape index (κ1) is 23.2. The van der Waals surface area contributed by atoms with E-state index in [4.69, 9.17) is 4.74 Å². The van der Waals surface area contributed by atoms with Crippen LogP contribution in [0.2, 0.25) is 0 Å². The largest absolute Gasteiger partial charge is 0.382 e. The molecule has 0 spiro atoms. The van der Waals surface area contributed by atoms with Crippen molar-refractivity contribution in [1.29, 1.82) is 0 Å². The summed E-state index contributed by atoms with van der Waals surface area (Å²) >= 11 is 0. The van der Waals surface area contributed by atoms with Gasteiger partial charge >= 0.3 is 0 Å². The number of halogens is 1. The Morgan fingerprint density at radius 1 is 1.00 bits per heavy atom. The minimum absolute atomic E-state index is 0. The molecular formula is C19H34IN3O. The normalized spacial score (nSPS) is 11.0. The molecule has 0 bridgehead atoms. The molecule has 0 saturated heterocycles. The lowest BCUT2D eigenvalue weighted by atomic mass is 10.1. The zero-order chi connectivity index (χ0) is 16.8. The monoisotopic (exact) mass is 447 g/mol. The van der Waals surface area contributed by atoms with Gasteiger partial charge in [0.2, 0.25) is 0 Å². The molecule has 0 unspecified atom stereocenters. The average Bonchev–Trinajstić information content (AvgIpc) is 2.58. The smallest absolute Gasteiger partial charge is 0.191 e. The highest BCUT2D eigenvalue weighted by molar-refractivity contribution is 14.0. The summed E-state index contributed by atoms with van der Waals surface area (Å²) in [5.41, 5.74) is 2.76. The van der Waals surface area contributed by atoms with Crippen LogP contribution in [0.1, 0.15) is 44.7 Å². The topological polar surface area (TPSA) is 45.7 Å². The summed E-state index contributed by atoms with van der Waals surface area (Å²) in [5.74, 6) is 0.911. The van der Waals surface area contributed by atoms with Crippen molar-refractivity contribution in [3.8, 4) is 0 Å². The second-order valence-electron chi connectivity index (χ2n) is 5.51. The first-order valence-corrected chi connectivity index (χ1v) is 8.97. The number of hydrogen-bond donors (Lipinski definition) is 2. The maximum atomic E-state index is 5.34. The third-order valence-corrected chi connectivity index (χ3v) is 3.65. The number of hydrogen-bond acceptors (Lipinski definition) is 2. The summed E-state index contributed by atoms with van der Waals surface area (Å²) in [6.07, 6.45) is 4.24. The SMILES string of the molecule is CCNC(=NCCCCOCC)NCCc1ccc(CC)cc1.I. The van der Waals surface area contributed by atoms with Gasteiger partial charge in [-0.05, 0) is 50.7 Å². The fourth-order valence-electron chi connectivity index (χ4n) is 2.26.